The van der Waals surface area contributed by atoms with Gasteiger partial charge in [-0.1, -0.05) is 19.1 Å². The lowest BCUT2D eigenvalue weighted by atomic mass is 10.1. The third-order valence-electron chi connectivity index (χ3n) is 2.96. The van der Waals surface area contributed by atoms with Crippen LogP contribution < -0.4 is 0 Å². The maximum absolute atomic E-state index is 12.3. The fraction of sp³-hybridized carbons (Fsp3) is 0.500. The van der Waals surface area contributed by atoms with E-state index in [9.17, 15) is 13.2 Å². The summed E-state index contributed by atoms with van der Waals surface area (Å²) >= 11 is 0. The van der Waals surface area contributed by atoms with Gasteiger partial charge in [0.05, 0.1) is 17.9 Å². The highest BCUT2D eigenvalue weighted by molar-refractivity contribution is 7.88. The molecule has 0 saturated carbocycles. The Balaban J connectivity index is 2.82. The Kier molecular flexibility index (Phi) is 6.80. The normalized spacial score (nSPS) is 11.8. The van der Waals surface area contributed by atoms with Crippen LogP contribution in [-0.4, -0.2) is 50.1 Å². The number of carbonyl (C=O) groups is 1. The van der Waals surface area contributed by atoms with Crippen molar-refractivity contribution in [1.29, 1.82) is 0 Å². The lowest BCUT2D eigenvalue weighted by molar-refractivity contribution is 0.0696. The topological polar surface area (TPSA) is 83.9 Å². The van der Waals surface area contributed by atoms with Crippen LogP contribution in [0.25, 0.3) is 0 Å². The minimum absolute atomic E-state index is 0.0834. The van der Waals surface area contributed by atoms with Gasteiger partial charge in [0.2, 0.25) is 10.0 Å². The van der Waals surface area contributed by atoms with Crippen LogP contribution in [0.15, 0.2) is 24.3 Å². The molecule has 0 aliphatic heterocycles. The van der Waals surface area contributed by atoms with Crippen molar-refractivity contribution < 1.29 is 23.1 Å². The van der Waals surface area contributed by atoms with Crippen molar-refractivity contribution in [3.63, 3.8) is 0 Å². The molecule has 118 valence electrons. The summed E-state index contributed by atoms with van der Waals surface area (Å²) in [6.07, 6.45) is 0. The van der Waals surface area contributed by atoms with E-state index in [0.717, 1.165) is 0 Å². The van der Waals surface area contributed by atoms with Gasteiger partial charge in [-0.15, -0.1) is 0 Å². The van der Waals surface area contributed by atoms with Crippen molar-refractivity contribution in [1.82, 2.24) is 4.31 Å². The number of sulfonamides is 1. The summed E-state index contributed by atoms with van der Waals surface area (Å²) < 4.78 is 31.2. The van der Waals surface area contributed by atoms with E-state index < -0.39 is 16.0 Å². The van der Waals surface area contributed by atoms with Gasteiger partial charge in [0.15, 0.2) is 0 Å². The van der Waals surface area contributed by atoms with Crippen LogP contribution in [0.2, 0.25) is 0 Å². The van der Waals surface area contributed by atoms with E-state index >= 15 is 0 Å². The molecule has 6 nitrogen and oxygen atoms in total. The van der Waals surface area contributed by atoms with Crippen molar-refractivity contribution in [2.75, 3.05) is 26.3 Å². The van der Waals surface area contributed by atoms with Gasteiger partial charge in [0, 0.05) is 19.7 Å². The van der Waals surface area contributed by atoms with E-state index in [4.69, 9.17) is 9.84 Å². The Hall–Kier alpha value is -1.44. The third kappa shape index (κ3) is 5.45. The summed E-state index contributed by atoms with van der Waals surface area (Å²) in [7, 11) is -3.49. The van der Waals surface area contributed by atoms with Gasteiger partial charge in [-0.2, -0.15) is 4.31 Å². The van der Waals surface area contributed by atoms with Crippen LogP contribution in [-0.2, 0) is 20.5 Å². The number of hydrogen-bond donors (Lipinski definition) is 1. The highest BCUT2D eigenvalue weighted by Crippen LogP contribution is 2.13. The molecule has 0 unspecified atom stereocenters. The molecule has 0 saturated heterocycles. The first-order valence-corrected chi connectivity index (χ1v) is 8.39. The maximum Gasteiger partial charge on any atom is 0.335 e. The van der Waals surface area contributed by atoms with Gasteiger partial charge in [-0.05, 0) is 24.6 Å². The predicted octanol–water partition coefficient (Wildman–Crippen LogP) is 1.57. The van der Waals surface area contributed by atoms with Gasteiger partial charge in [0.1, 0.15) is 0 Å². The molecule has 0 amide bonds. The van der Waals surface area contributed by atoms with Gasteiger partial charge >= 0.3 is 5.97 Å². The van der Waals surface area contributed by atoms with Crippen LogP contribution in [0.5, 0.6) is 0 Å². The zero-order valence-corrected chi connectivity index (χ0v) is 13.1. The molecule has 0 spiro atoms. The van der Waals surface area contributed by atoms with Gasteiger partial charge in [0.25, 0.3) is 0 Å². The molecular formula is C14H21NO5S. The molecule has 0 aliphatic rings. The number of likely N-dealkylation sites (N-methyl/N-ethyl adjacent to an activating group) is 1. The van der Waals surface area contributed by atoms with Crippen molar-refractivity contribution in [3.05, 3.63) is 35.4 Å². The molecule has 1 N–H and O–H groups in total. The summed E-state index contributed by atoms with van der Waals surface area (Å²) in [6.45, 7) is 5.15. The smallest absolute Gasteiger partial charge is 0.335 e. The van der Waals surface area contributed by atoms with E-state index in [-0.39, 0.29) is 11.3 Å². The first-order chi connectivity index (χ1) is 9.90. The zero-order chi connectivity index (χ0) is 15.9. The quantitative estimate of drug-likeness (QED) is 0.699. The number of carboxylic acid groups (broad SMARTS) is 1. The molecule has 0 heterocycles. The Morgan fingerprint density at radius 2 is 2.05 bits per heavy atom. The van der Waals surface area contributed by atoms with E-state index in [1.54, 1.807) is 19.1 Å². The highest BCUT2D eigenvalue weighted by Gasteiger charge is 2.21. The van der Waals surface area contributed by atoms with E-state index in [0.29, 0.717) is 31.9 Å². The Morgan fingerprint density at radius 3 is 2.62 bits per heavy atom. The van der Waals surface area contributed by atoms with E-state index in [2.05, 4.69) is 0 Å². The zero-order valence-electron chi connectivity index (χ0n) is 12.3. The molecule has 0 aromatic heterocycles. The lowest BCUT2D eigenvalue weighted by Crippen LogP contribution is -2.34. The molecule has 1 rings (SSSR count). The minimum atomic E-state index is -3.49. The Bertz CT molecular complexity index is 570. The first kappa shape index (κ1) is 17.6. The van der Waals surface area contributed by atoms with Crippen LogP contribution in [0.3, 0.4) is 0 Å². The monoisotopic (exact) mass is 315 g/mol. The molecule has 0 atom stereocenters. The van der Waals surface area contributed by atoms with Crippen LogP contribution in [0, 0.1) is 0 Å². The van der Waals surface area contributed by atoms with E-state index in [1.807, 2.05) is 6.92 Å². The van der Waals surface area contributed by atoms with Crippen molar-refractivity contribution in [2.45, 2.75) is 19.6 Å². The van der Waals surface area contributed by atoms with Crippen molar-refractivity contribution in [2.24, 2.45) is 0 Å². The van der Waals surface area contributed by atoms with Gasteiger partial charge < -0.3 is 9.84 Å². The highest BCUT2D eigenvalue weighted by atomic mass is 32.2. The average molecular weight is 315 g/mol. The molecule has 21 heavy (non-hydrogen) atoms. The lowest BCUT2D eigenvalue weighted by Gasteiger charge is -2.20. The third-order valence-corrected chi connectivity index (χ3v) is 4.88. The first-order valence-electron chi connectivity index (χ1n) is 6.78. The number of ether oxygens (including phenoxy) is 1. The second kappa shape index (κ2) is 8.11. The Morgan fingerprint density at radius 1 is 1.33 bits per heavy atom. The number of rotatable bonds is 9. The van der Waals surface area contributed by atoms with Crippen LogP contribution in [0.4, 0.5) is 0 Å². The summed E-state index contributed by atoms with van der Waals surface area (Å²) in [6, 6.07) is 5.98. The van der Waals surface area contributed by atoms with Crippen LogP contribution >= 0.6 is 0 Å². The van der Waals surface area contributed by atoms with Crippen LogP contribution in [0.1, 0.15) is 29.8 Å². The van der Waals surface area contributed by atoms with Gasteiger partial charge in [-0.3, -0.25) is 0 Å². The molecule has 7 heteroatoms. The molecular weight excluding hydrogens is 294 g/mol. The maximum atomic E-state index is 12.3. The Labute approximate surface area is 125 Å². The van der Waals surface area contributed by atoms with Crippen molar-refractivity contribution >= 4 is 16.0 Å². The molecule has 0 aliphatic carbocycles. The number of aromatic carboxylic acids is 1. The molecule has 0 fully saturated rings. The summed E-state index contributed by atoms with van der Waals surface area (Å²) in [5.41, 5.74) is 0.546. The largest absolute Gasteiger partial charge is 0.478 e. The van der Waals surface area contributed by atoms with E-state index in [1.165, 1.54) is 16.4 Å². The fourth-order valence-corrected chi connectivity index (χ4v) is 3.43. The number of nitrogens with zero attached hydrogens (tertiary/aromatic N) is 1. The number of benzene rings is 1. The molecule has 1 aromatic rings. The minimum Gasteiger partial charge on any atom is -0.478 e. The molecule has 1 aromatic carbocycles. The fourth-order valence-electron chi connectivity index (χ4n) is 1.90. The van der Waals surface area contributed by atoms with Crippen molar-refractivity contribution in [3.8, 4) is 0 Å². The molecule has 0 bridgehead atoms. The predicted molar refractivity (Wildman–Crippen MR) is 79.8 cm³/mol. The summed E-state index contributed by atoms with van der Waals surface area (Å²) in [5.74, 6) is -1.29. The molecule has 0 radical (unpaired) electrons. The van der Waals surface area contributed by atoms with Gasteiger partial charge in [-0.25, -0.2) is 13.2 Å². The second-order valence-corrected chi connectivity index (χ2v) is 6.42. The second-order valence-electron chi connectivity index (χ2n) is 4.45. The number of carboxylic acids is 1. The summed E-state index contributed by atoms with van der Waals surface area (Å²) in [5, 5.41) is 8.93. The summed E-state index contributed by atoms with van der Waals surface area (Å²) in [4.78, 5) is 10.9. The standard InChI is InChI=1S/C14H21NO5S/c1-3-15(8-9-20-4-2)21(18,19)11-12-6-5-7-13(10-12)14(16)17/h5-7,10H,3-4,8-9,11H2,1-2H3,(H,16,17). The SMILES string of the molecule is CCOCCN(CC)S(=O)(=O)Cc1cccc(C(=O)O)c1. The average Bonchev–Trinajstić information content (AvgIpc) is 2.43. The number of hydrogen-bond acceptors (Lipinski definition) is 4.